The third kappa shape index (κ3) is 2.52. The molecule has 0 radical (unpaired) electrons. The highest BCUT2D eigenvalue weighted by Crippen LogP contribution is 2.24. The lowest BCUT2D eigenvalue weighted by molar-refractivity contribution is -0.384. The number of nitro groups is 1. The Morgan fingerprint density at radius 1 is 1.09 bits per heavy atom. The van der Waals surface area contributed by atoms with Gasteiger partial charge in [-0.05, 0) is 36.4 Å². The predicted molar refractivity (Wildman–Crippen MR) is 85.7 cm³/mol. The highest BCUT2D eigenvalue weighted by molar-refractivity contribution is 5.65. The average molecular weight is 291 g/mol. The largest absolute Gasteiger partial charge is 0.269 e. The first-order valence-electron chi connectivity index (χ1n) is 6.72. The number of nitrogens with zero attached hydrogens (tertiary/aromatic N) is 3. The number of non-ortho nitro benzene ring substituents is 1. The van der Waals surface area contributed by atoms with Crippen LogP contribution in [0.2, 0.25) is 0 Å². The topological polar surface area (TPSA) is 61.0 Å². The molecule has 0 N–H and O–H groups in total. The van der Waals surface area contributed by atoms with Crippen LogP contribution in [0.3, 0.4) is 0 Å². The maximum atomic E-state index is 10.7. The Balaban J connectivity index is 2.04. The number of nitro benzene ring substituents is 1. The van der Waals surface area contributed by atoms with Crippen LogP contribution in [0, 0.1) is 10.1 Å². The SMILES string of the molecule is C=Cc1cc(-c2ccc([N+](=O)[O-])cc2)nn1-c1ccccc1. The van der Waals surface area contributed by atoms with Crippen LogP contribution >= 0.6 is 0 Å². The summed E-state index contributed by atoms with van der Waals surface area (Å²) >= 11 is 0. The summed E-state index contributed by atoms with van der Waals surface area (Å²) in [5.74, 6) is 0. The fourth-order valence-corrected chi connectivity index (χ4v) is 2.21. The summed E-state index contributed by atoms with van der Waals surface area (Å²) in [6, 6.07) is 18.0. The van der Waals surface area contributed by atoms with Crippen LogP contribution in [0.15, 0.2) is 67.2 Å². The van der Waals surface area contributed by atoms with Crippen molar-refractivity contribution in [3.8, 4) is 16.9 Å². The van der Waals surface area contributed by atoms with Crippen LogP contribution in [0.5, 0.6) is 0 Å². The Bertz CT molecular complexity index is 821. The highest BCUT2D eigenvalue weighted by Gasteiger charge is 2.11. The fourth-order valence-electron chi connectivity index (χ4n) is 2.21. The van der Waals surface area contributed by atoms with Gasteiger partial charge in [0.1, 0.15) is 0 Å². The lowest BCUT2D eigenvalue weighted by atomic mass is 10.1. The van der Waals surface area contributed by atoms with Crippen molar-refractivity contribution < 1.29 is 4.92 Å². The van der Waals surface area contributed by atoms with Gasteiger partial charge in [-0.2, -0.15) is 5.10 Å². The Morgan fingerprint density at radius 3 is 2.36 bits per heavy atom. The molecule has 0 saturated carbocycles. The van der Waals surface area contributed by atoms with Crippen LogP contribution in [-0.4, -0.2) is 14.7 Å². The molecule has 0 aliphatic rings. The van der Waals surface area contributed by atoms with Gasteiger partial charge in [-0.1, -0.05) is 24.8 Å². The molecule has 2 aromatic carbocycles. The first-order valence-corrected chi connectivity index (χ1v) is 6.72. The molecule has 22 heavy (non-hydrogen) atoms. The van der Waals surface area contributed by atoms with Crippen LogP contribution in [-0.2, 0) is 0 Å². The van der Waals surface area contributed by atoms with E-state index in [-0.39, 0.29) is 5.69 Å². The molecular formula is C17H13N3O2. The van der Waals surface area contributed by atoms with Gasteiger partial charge in [0.05, 0.1) is 22.0 Å². The van der Waals surface area contributed by atoms with Gasteiger partial charge in [0.2, 0.25) is 0 Å². The third-order valence-electron chi connectivity index (χ3n) is 3.32. The van der Waals surface area contributed by atoms with Crippen molar-refractivity contribution in [2.75, 3.05) is 0 Å². The molecule has 1 heterocycles. The lowest BCUT2D eigenvalue weighted by Gasteiger charge is -2.03. The summed E-state index contributed by atoms with van der Waals surface area (Å²) in [6.07, 6.45) is 1.73. The summed E-state index contributed by atoms with van der Waals surface area (Å²) in [6.45, 7) is 3.81. The van der Waals surface area contributed by atoms with Gasteiger partial charge < -0.3 is 0 Å². The molecule has 3 aromatic rings. The quantitative estimate of drug-likeness (QED) is 0.537. The van der Waals surface area contributed by atoms with Crippen molar-refractivity contribution in [2.45, 2.75) is 0 Å². The Kier molecular flexibility index (Phi) is 3.53. The van der Waals surface area contributed by atoms with Crippen molar-refractivity contribution in [3.63, 3.8) is 0 Å². The first-order chi connectivity index (χ1) is 10.7. The number of para-hydroxylation sites is 1. The molecule has 5 heteroatoms. The molecule has 0 bridgehead atoms. The van der Waals surface area contributed by atoms with Crippen molar-refractivity contribution in [1.29, 1.82) is 0 Å². The smallest absolute Gasteiger partial charge is 0.258 e. The summed E-state index contributed by atoms with van der Waals surface area (Å²) in [7, 11) is 0. The second kappa shape index (κ2) is 5.65. The van der Waals surface area contributed by atoms with E-state index < -0.39 is 4.92 Å². The van der Waals surface area contributed by atoms with E-state index in [1.54, 1.807) is 22.9 Å². The maximum Gasteiger partial charge on any atom is 0.269 e. The molecule has 3 rings (SSSR count). The number of benzene rings is 2. The van der Waals surface area contributed by atoms with Crippen molar-refractivity contribution >= 4 is 11.8 Å². The minimum atomic E-state index is -0.415. The minimum Gasteiger partial charge on any atom is -0.258 e. The summed E-state index contributed by atoms with van der Waals surface area (Å²) in [5, 5.41) is 15.3. The number of rotatable bonds is 4. The molecule has 1 aromatic heterocycles. The molecule has 0 aliphatic carbocycles. The van der Waals surface area contributed by atoms with Crippen LogP contribution in [0.1, 0.15) is 5.69 Å². The molecule has 0 spiro atoms. The van der Waals surface area contributed by atoms with Gasteiger partial charge in [-0.3, -0.25) is 10.1 Å². The van der Waals surface area contributed by atoms with Crippen molar-refractivity contribution in [2.24, 2.45) is 0 Å². The van der Waals surface area contributed by atoms with Gasteiger partial charge in [-0.15, -0.1) is 0 Å². The standard InChI is InChI=1S/C17H13N3O2/c1-2-14-12-17(13-8-10-16(11-9-13)20(21)22)18-19(14)15-6-4-3-5-7-15/h2-12H,1H2. The average Bonchev–Trinajstić information content (AvgIpc) is 3.00. The molecule has 108 valence electrons. The Morgan fingerprint density at radius 2 is 1.77 bits per heavy atom. The van der Waals surface area contributed by atoms with E-state index in [0.717, 1.165) is 22.6 Å². The van der Waals surface area contributed by atoms with E-state index in [2.05, 4.69) is 11.7 Å². The van der Waals surface area contributed by atoms with Crippen molar-refractivity contribution in [1.82, 2.24) is 9.78 Å². The molecule has 0 unspecified atom stereocenters. The number of hydrogen-bond donors (Lipinski definition) is 0. The van der Waals surface area contributed by atoms with Gasteiger partial charge in [0, 0.05) is 17.7 Å². The van der Waals surface area contributed by atoms with E-state index in [9.17, 15) is 10.1 Å². The maximum absolute atomic E-state index is 10.7. The molecule has 5 nitrogen and oxygen atoms in total. The molecule has 0 atom stereocenters. The molecule has 0 saturated heterocycles. The second-order valence-electron chi connectivity index (χ2n) is 4.71. The van der Waals surface area contributed by atoms with Gasteiger partial charge in [-0.25, -0.2) is 4.68 Å². The fraction of sp³-hybridized carbons (Fsp3) is 0. The Labute approximate surface area is 127 Å². The van der Waals surface area contributed by atoms with E-state index in [1.165, 1.54) is 12.1 Å². The Hall–Kier alpha value is -3.21. The zero-order chi connectivity index (χ0) is 15.5. The normalized spacial score (nSPS) is 10.4. The minimum absolute atomic E-state index is 0.0650. The highest BCUT2D eigenvalue weighted by atomic mass is 16.6. The summed E-state index contributed by atoms with van der Waals surface area (Å²) < 4.78 is 1.80. The van der Waals surface area contributed by atoms with E-state index in [0.29, 0.717) is 0 Å². The first kappa shape index (κ1) is 13.8. The molecule has 0 fully saturated rings. The number of aromatic nitrogens is 2. The van der Waals surface area contributed by atoms with Crippen LogP contribution in [0.25, 0.3) is 23.0 Å². The van der Waals surface area contributed by atoms with E-state index in [4.69, 9.17) is 0 Å². The zero-order valence-corrected chi connectivity index (χ0v) is 11.7. The van der Waals surface area contributed by atoms with Gasteiger partial charge >= 0.3 is 0 Å². The van der Waals surface area contributed by atoms with Crippen molar-refractivity contribution in [3.05, 3.63) is 83.1 Å². The second-order valence-corrected chi connectivity index (χ2v) is 4.71. The molecule has 0 amide bonds. The van der Waals surface area contributed by atoms with E-state index in [1.807, 2.05) is 36.4 Å². The molecular weight excluding hydrogens is 278 g/mol. The van der Waals surface area contributed by atoms with Gasteiger partial charge in [0.15, 0.2) is 0 Å². The van der Waals surface area contributed by atoms with Crippen LogP contribution < -0.4 is 0 Å². The van der Waals surface area contributed by atoms with Crippen LogP contribution in [0.4, 0.5) is 5.69 Å². The predicted octanol–water partition coefficient (Wildman–Crippen LogP) is 4.09. The number of hydrogen-bond acceptors (Lipinski definition) is 3. The monoisotopic (exact) mass is 291 g/mol. The summed E-state index contributed by atoms with van der Waals surface area (Å²) in [5.41, 5.74) is 3.43. The van der Waals surface area contributed by atoms with E-state index >= 15 is 0 Å². The lowest BCUT2D eigenvalue weighted by Crippen LogP contribution is -1.98. The molecule has 0 aliphatic heterocycles. The third-order valence-corrected chi connectivity index (χ3v) is 3.32. The van der Waals surface area contributed by atoms with Gasteiger partial charge in [0.25, 0.3) is 5.69 Å². The zero-order valence-electron chi connectivity index (χ0n) is 11.7. The summed E-state index contributed by atoms with van der Waals surface area (Å²) in [4.78, 5) is 10.3.